The van der Waals surface area contributed by atoms with Crippen LogP contribution < -0.4 is 11.3 Å². The molecular formula is C14H13FN4O. The number of benzene rings is 1. The lowest BCUT2D eigenvalue weighted by molar-refractivity contribution is 0.619. The zero-order chi connectivity index (χ0) is 14.1. The summed E-state index contributed by atoms with van der Waals surface area (Å²) < 4.78 is 14.6. The number of nitrogens with zero attached hydrogens (tertiary/aromatic N) is 2. The second-order valence-electron chi connectivity index (χ2n) is 4.61. The summed E-state index contributed by atoms with van der Waals surface area (Å²) in [7, 11) is 0. The summed E-state index contributed by atoms with van der Waals surface area (Å²) in [4.78, 5) is 19.2. The lowest BCUT2D eigenvalue weighted by Crippen LogP contribution is -2.21. The highest BCUT2D eigenvalue weighted by Crippen LogP contribution is 2.10. The van der Waals surface area contributed by atoms with Crippen LogP contribution in [0.1, 0.15) is 5.56 Å². The first-order chi connectivity index (χ1) is 9.63. The van der Waals surface area contributed by atoms with E-state index >= 15 is 0 Å². The summed E-state index contributed by atoms with van der Waals surface area (Å²) in [6.45, 7) is 0.441. The molecule has 0 atom stereocenters. The molecule has 0 saturated carbocycles. The molecule has 5 nitrogen and oxygen atoms in total. The van der Waals surface area contributed by atoms with Crippen LogP contribution >= 0.6 is 0 Å². The molecule has 0 saturated heterocycles. The lowest BCUT2D eigenvalue weighted by atomic mass is 10.1. The van der Waals surface area contributed by atoms with Gasteiger partial charge in [-0.3, -0.25) is 9.36 Å². The molecule has 0 aliphatic rings. The molecule has 1 aromatic carbocycles. The van der Waals surface area contributed by atoms with E-state index in [4.69, 9.17) is 5.73 Å². The first-order valence-corrected chi connectivity index (χ1v) is 6.21. The van der Waals surface area contributed by atoms with E-state index in [9.17, 15) is 9.18 Å². The predicted molar refractivity (Wildman–Crippen MR) is 74.9 cm³/mol. The van der Waals surface area contributed by atoms with Crippen molar-refractivity contribution in [3.8, 4) is 0 Å². The molecule has 0 bridgehead atoms. The Balaban J connectivity index is 1.88. The van der Waals surface area contributed by atoms with Gasteiger partial charge in [0.1, 0.15) is 17.3 Å². The molecule has 0 aliphatic heterocycles. The molecule has 3 aromatic rings. The van der Waals surface area contributed by atoms with Crippen LogP contribution in [0.3, 0.4) is 0 Å². The van der Waals surface area contributed by atoms with Gasteiger partial charge in [-0.25, -0.2) is 9.37 Å². The van der Waals surface area contributed by atoms with Gasteiger partial charge in [0.2, 0.25) is 0 Å². The van der Waals surface area contributed by atoms with Crippen molar-refractivity contribution >= 4 is 16.9 Å². The molecule has 0 aliphatic carbocycles. The van der Waals surface area contributed by atoms with Crippen LogP contribution in [0.25, 0.3) is 11.0 Å². The van der Waals surface area contributed by atoms with E-state index in [1.807, 2.05) is 6.07 Å². The van der Waals surface area contributed by atoms with Crippen molar-refractivity contribution < 1.29 is 4.39 Å². The number of nitrogens with one attached hydrogen (secondary N) is 1. The summed E-state index contributed by atoms with van der Waals surface area (Å²) in [6.07, 6.45) is 2.03. The number of hydrogen-bond acceptors (Lipinski definition) is 3. The number of hydrogen-bond donors (Lipinski definition) is 2. The summed E-state index contributed by atoms with van der Waals surface area (Å²) >= 11 is 0. The van der Waals surface area contributed by atoms with Gasteiger partial charge in [-0.2, -0.15) is 0 Å². The minimum atomic E-state index is -0.276. The van der Waals surface area contributed by atoms with E-state index in [1.165, 1.54) is 23.0 Å². The number of nitrogen functional groups attached to an aromatic ring is 1. The van der Waals surface area contributed by atoms with Crippen LogP contribution in [0.4, 0.5) is 10.2 Å². The maximum atomic E-state index is 13.1. The Morgan fingerprint density at radius 2 is 2.20 bits per heavy atom. The Morgan fingerprint density at radius 3 is 3.00 bits per heavy atom. The third-order valence-electron chi connectivity index (χ3n) is 3.17. The number of anilines is 1. The molecular weight excluding hydrogens is 259 g/mol. The molecule has 0 amide bonds. The van der Waals surface area contributed by atoms with Crippen molar-refractivity contribution in [1.29, 1.82) is 0 Å². The van der Waals surface area contributed by atoms with Gasteiger partial charge in [-0.1, -0.05) is 12.1 Å². The van der Waals surface area contributed by atoms with Gasteiger partial charge < -0.3 is 10.7 Å². The summed E-state index contributed by atoms with van der Waals surface area (Å²) in [5, 5.41) is 0.462. The van der Waals surface area contributed by atoms with Gasteiger partial charge in [0.25, 0.3) is 5.56 Å². The number of nitrogens with two attached hydrogens (primary N) is 1. The molecule has 0 radical (unpaired) electrons. The van der Waals surface area contributed by atoms with Crippen LogP contribution in [-0.4, -0.2) is 14.5 Å². The average molecular weight is 272 g/mol. The van der Waals surface area contributed by atoms with Gasteiger partial charge in [0.15, 0.2) is 0 Å². The van der Waals surface area contributed by atoms with Crippen LogP contribution in [0, 0.1) is 5.82 Å². The van der Waals surface area contributed by atoms with Crippen LogP contribution in [0.5, 0.6) is 0 Å². The number of halogens is 1. The fraction of sp³-hybridized carbons (Fsp3) is 0.143. The molecule has 3 N–H and O–H groups in total. The van der Waals surface area contributed by atoms with Crippen LogP contribution in [0.2, 0.25) is 0 Å². The Kier molecular flexibility index (Phi) is 2.98. The molecule has 20 heavy (non-hydrogen) atoms. The Labute approximate surface area is 113 Å². The van der Waals surface area contributed by atoms with Crippen molar-refractivity contribution in [3.05, 3.63) is 58.4 Å². The van der Waals surface area contributed by atoms with Crippen molar-refractivity contribution in [2.75, 3.05) is 5.73 Å². The quantitative estimate of drug-likeness (QED) is 0.761. The highest BCUT2D eigenvalue weighted by Gasteiger charge is 2.07. The third-order valence-corrected chi connectivity index (χ3v) is 3.17. The Bertz CT molecular complexity index is 821. The molecule has 2 aromatic heterocycles. The number of aromatic amines is 1. The summed E-state index contributed by atoms with van der Waals surface area (Å²) in [5.41, 5.74) is 6.77. The highest BCUT2D eigenvalue weighted by molar-refractivity contribution is 5.78. The smallest absolute Gasteiger partial charge is 0.262 e. The minimum absolute atomic E-state index is 0.153. The Morgan fingerprint density at radius 1 is 1.35 bits per heavy atom. The van der Waals surface area contributed by atoms with E-state index in [-0.39, 0.29) is 11.4 Å². The van der Waals surface area contributed by atoms with Gasteiger partial charge in [0, 0.05) is 6.54 Å². The van der Waals surface area contributed by atoms with Gasteiger partial charge in [-0.15, -0.1) is 0 Å². The summed E-state index contributed by atoms with van der Waals surface area (Å²) in [5.74, 6) is 0.134. The maximum absolute atomic E-state index is 13.1. The predicted octanol–water partition coefficient (Wildman–Crippen LogP) is 1.69. The number of aryl methyl sites for hydroxylation is 2. The molecule has 2 heterocycles. The fourth-order valence-electron chi connectivity index (χ4n) is 2.16. The van der Waals surface area contributed by atoms with E-state index in [0.29, 0.717) is 29.8 Å². The number of rotatable bonds is 3. The SMILES string of the molecule is Nc1cc2c(=O)n(CCc3cccc(F)c3)cnc2[nH]1. The fourth-order valence-corrected chi connectivity index (χ4v) is 2.16. The van der Waals surface area contributed by atoms with E-state index in [0.717, 1.165) is 5.56 Å². The third kappa shape index (κ3) is 2.27. The van der Waals surface area contributed by atoms with Gasteiger partial charge >= 0.3 is 0 Å². The van der Waals surface area contributed by atoms with E-state index < -0.39 is 0 Å². The molecule has 102 valence electrons. The summed E-state index contributed by atoms with van der Waals surface area (Å²) in [6, 6.07) is 7.91. The second kappa shape index (κ2) is 4.80. The molecule has 3 rings (SSSR count). The maximum Gasteiger partial charge on any atom is 0.262 e. The normalized spacial score (nSPS) is 11.1. The van der Waals surface area contributed by atoms with E-state index in [2.05, 4.69) is 9.97 Å². The standard InChI is InChI=1S/C14H13FN4O/c15-10-3-1-2-9(6-10)4-5-19-8-17-13-11(14(19)20)7-12(16)18-13/h1-3,6-8,18H,4-5,16H2. The number of aromatic nitrogens is 3. The lowest BCUT2D eigenvalue weighted by Gasteiger charge is -2.05. The van der Waals surface area contributed by atoms with Crippen LogP contribution in [0.15, 0.2) is 41.5 Å². The minimum Gasteiger partial charge on any atom is -0.385 e. The first-order valence-electron chi connectivity index (χ1n) is 6.21. The first kappa shape index (κ1) is 12.4. The van der Waals surface area contributed by atoms with Crippen LogP contribution in [-0.2, 0) is 13.0 Å². The van der Waals surface area contributed by atoms with Gasteiger partial charge in [0.05, 0.1) is 11.7 Å². The topological polar surface area (TPSA) is 76.7 Å². The van der Waals surface area contributed by atoms with Gasteiger partial charge in [-0.05, 0) is 30.2 Å². The second-order valence-corrected chi connectivity index (χ2v) is 4.61. The largest absolute Gasteiger partial charge is 0.385 e. The van der Waals surface area contributed by atoms with Crippen molar-refractivity contribution in [1.82, 2.24) is 14.5 Å². The molecule has 6 heteroatoms. The zero-order valence-electron chi connectivity index (χ0n) is 10.6. The monoisotopic (exact) mass is 272 g/mol. The molecule has 0 spiro atoms. The number of fused-ring (bicyclic) bond motifs is 1. The van der Waals surface area contributed by atoms with E-state index in [1.54, 1.807) is 12.1 Å². The average Bonchev–Trinajstić information content (AvgIpc) is 2.80. The van der Waals surface area contributed by atoms with Crippen molar-refractivity contribution in [2.45, 2.75) is 13.0 Å². The zero-order valence-corrected chi connectivity index (χ0v) is 10.6. The Hall–Kier alpha value is -2.63. The molecule has 0 fully saturated rings. The molecule has 0 unspecified atom stereocenters. The number of H-pyrrole nitrogens is 1. The van der Waals surface area contributed by atoms with Crippen molar-refractivity contribution in [3.63, 3.8) is 0 Å². The van der Waals surface area contributed by atoms with Crippen molar-refractivity contribution in [2.24, 2.45) is 0 Å². The highest BCUT2D eigenvalue weighted by atomic mass is 19.1.